The van der Waals surface area contributed by atoms with Crippen molar-refractivity contribution in [1.29, 1.82) is 0 Å². The van der Waals surface area contributed by atoms with Crippen molar-refractivity contribution in [3.05, 3.63) is 64.5 Å². The van der Waals surface area contributed by atoms with E-state index in [1.54, 1.807) is 36.7 Å². The lowest BCUT2D eigenvalue weighted by molar-refractivity contribution is 0.102. The maximum absolute atomic E-state index is 12.5. The van der Waals surface area contributed by atoms with E-state index in [-0.39, 0.29) is 5.91 Å². The Hall–Kier alpha value is -2.44. The summed E-state index contributed by atoms with van der Waals surface area (Å²) in [4.78, 5) is 20.8. The number of halogens is 1. The minimum absolute atomic E-state index is 0.284. The fourth-order valence-corrected chi connectivity index (χ4v) is 3.02. The van der Waals surface area contributed by atoms with Crippen molar-refractivity contribution < 1.29 is 4.79 Å². The molecule has 0 saturated heterocycles. The smallest absolute Gasteiger partial charge is 0.277 e. The topological polar surface area (TPSA) is 66.9 Å². The average molecular weight is 345 g/mol. The summed E-state index contributed by atoms with van der Waals surface area (Å²) in [6, 6.07) is 10.6. The normalized spacial score (nSPS) is 10.3. The van der Waals surface area contributed by atoms with E-state index in [4.69, 9.17) is 11.6 Å². The Bertz CT molecular complexity index is 835. The van der Waals surface area contributed by atoms with Crippen molar-refractivity contribution in [2.24, 2.45) is 0 Å². The molecule has 1 amide bonds. The molecule has 2 aromatic heterocycles. The fourth-order valence-electron chi connectivity index (χ4n) is 1.99. The third-order valence-corrected chi connectivity index (χ3v) is 4.09. The lowest BCUT2D eigenvalue weighted by atomic mass is 10.3. The van der Waals surface area contributed by atoms with Crippen LogP contribution in [0.25, 0.3) is 0 Å². The van der Waals surface area contributed by atoms with Crippen LogP contribution in [0, 0.1) is 6.92 Å². The zero-order valence-electron chi connectivity index (χ0n) is 12.2. The summed E-state index contributed by atoms with van der Waals surface area (Å²) < 4.78 is 0. The van der Waals surface area contributed by atoms with Crippen molar-refractivity contribution in [3.63, 3.8) is 0 Å². The Morgan fingerprint density at radius 1 is 1.17 bits per heavy atom. The van der Waals surface area contributed by atoms with Crippen molar-refractivity contribution in [3.8, 4) is 0 Å². The van der Waals surface area contributed by atoms with Gasteiger partial charge in [-0.05, 0) is 37.3 Å². The minimum atomic E-state index is -0.284. The van der Waals surface area contributed by atoms with Crippen molar-refractivity contribution in [1.82, 2.24) is 9.97 Å². The predicted octanol–water partition coefficient (Wildman–Crippen LogP) is 4.50. The van der Waals surface area contributed by atoms with E-state index >= 15 is 0 Å². The Labute approximate surface area is 142 Å². The average Bonchev–Trinajstić information content (AvgIpc) is 2.89. The van der Waals surface area contributed by atoms with Gasteiger partial charge in [0.15, 0.2) is 5.69 Å². The second-order valence-electron chi connectivity index (χ2n) is 4.74. The molecule has 0 radical (unpaired) electrons. The van der Waals surface area contributed by atoms with Crippen molar-refractivity contribution in [2.75, 3.05) is 10.6 Å². The van der Waals surface area contributed by atoms with Crippen molar-refractivity contribution >= 4 is 45.2 Å². The van der Waals surface area contributed by atoms with E-state index in [0.717, 1.165) is 10.7 Å². The summed E-state index contributed by atoms with van der Waals surface area (Å²) in [5.74, 6) is -0.284. The van der Waals surface area contributed by atoms with Crippen molar-refractivity contribution in [2.45, 2.75) is 6.92 Å². The Kier molecular flexibility index (Phi) is 4.55. The van der Waals surface area contributed by atoms with Gasteiger partial charge in [0, 0.05) is 28.8 Å². The first-order chi connectivity index (χ1) is 11.1. The van der Waals surface area contributed by atoms with Gasteiger partial charge in [-0.1, -0.05) is 17.7 Å². The highest BCUT2D eigenvalue weighted by Gasteiger charge is 2.17. The van der Waals surface area contributed by atoms with Gasteiger partial charge in [-0.3, -0.25) is 9.78 Å². The summed E-state index contributed by atoms with van der Waals surface area (Å²) >= 11 is 7.36. The highest BCUT2D eigenvalue weighted by molar-refractivity contribution is 7.16. The van der Waals surface area contributed by atoms with Crippen LogP contribution < -0.4 is 10.6 Å². The maximum Gasteiger partial charge on any atom is 0.277 e. The molecule has 23 heavy (non-hydrogen) atoms. The molecule has 2 heterocycles. The summed E-state index contributed by atoms with van der Waals surface area (Å²) in [6.07, 6.45) is 3.36. The number of hydrogen-bond acceptors (Lipinski definition) is 5. The molecule has 0 spiro atoms. The number of benzene rings is 1. The second-order valence-corrected chi connectivity index (χ2v) is 6.38. The molecule has 116 valence electrons. The number of thiazole rings is 1. The van der Waals surface area contributed by atoms with Gasteiger partial charge in [0.25, 0.3) is 5.91 Å². The number of carbonyl (C=O) groups is 1. The molecule has 7 heteroatoms. The SMILES string of the molecule is Cc1nc(C(=O)Nc2cccc(Cl)c2)c(Nc2ccncc2)s1. The number of amides is 1. The molecular weight excluding hydrogens is 332 g/mol. The molecule has 0 aliphatic heterocycles. The Morgan fingerprint density at radius 3 is 2.70 bits per heavy atom. The quantitative estimate of drug-likeness (QED) is 0.731. The van der Waals surface area contributed by atoms with Crippen LogP contribution >= 0.6 is 22.9 Å². The standard InChI is InChI=1S/C16H13ClN4OS/c1-10-19-14(15(22)20-13-4-2-3-11(17)9-13)16(23-10)21-12-5-7-18-8-6-12/h2-9H,1H3,(H,18,21)(H,20,22). The largest absolute Gasteiger partial charge is 0.345 e. The Balaban J connectivity index is 1.83. The summed E-state index contributed by atoms with van der Waals surface area (Å²) in [6.45, 7) is 1.86. The second kappa shape index (κ2) is 6.76. The zero-order valence-corrected chi connectivity index (χ0v) is 13.8. The lowest BCUT2D eigenvalue weighted by Gasteiger charge is -2.07. The van der Waals surface area contributed by atoms with E-state index < -0.39 is 0 Å². The molecule has 0 saturated carbocycles. The number of carbonyl (C=O) groups excluding carboxylic acids is 1. The number of anilines is 3. The van der Waals surface area contributed by atoms with E-state index in [9.17, 15) is 4.79 Å². The first kappa shape index (κ1) is 15.5. The zero-order chi connectivity index (χ0) is 16.2. The Morgan fingerprint density at radius 2 is 1.96 bits per heavy atom. The summed E-state index contributed by atoms with van der Waals surface area (Å²) in [7, 11) is 0. The third kappa shape index (κ3) is 3.85. The maximum atomic E-state index is 12.5. The van der Waals surface area contributed by atoms with Gasteiger partial charge in [0.2, 0.25) is 0 Å². The monoisotopic (exact) mass is 344 g/mol. The van der Waals surface area contributed by atoms with Crippen LogP contribution in [-0.2, 0) is 0 Å². The van der Waals surface area contributed by atoms with Gasteiger partial charge in [-0.2, -0.15) is 0 Å². The first-order valence-electron chi connectivity index (χ1n) is 6.83. The third-order valence-electron chi connectivity index (χ3n) is 2.97. The van der Waals surface area contributed by atoms with Gasteiger partial charge >= 0.3 is 0 Å². The summed E-state index contributed by atoms with van der Waals surface area (Å²) in [5.41, 5.74) is 1.83. The van der Waals surface area contributed by atoms with Crippen LogP contribution in [0.3, 0.4) is 0 Å². The number of rotatable bonds is 4. The van der Waals surface area contributed by atoms with Crippen LogP contribution in [0.4, 0.5) is 16.4 Å². The molecular formula is C16H13ClN4OS. The van der Waals surface area contributed by atoms with Gasteiger partial charge < -0.3 is 10.6 Å². The van der Waals surface area contributed by atoms with E-state index in [1.807, 2.05) is 19.1 Å². The number of nitrogens with zero attached hydrogens (tertiary/aromatic N) is 2. The molecule has 0 bridgehead atoms. The fraction of sp³-hybridized carbons (Fsp3) is 0.0625. The first-order valence-corrected chi connectivity index (χ1v) is 8.02. The predicted molar refractivity (Wildman–Crippen MR) is 93.8 cm³/mol. The minimum Gasteiger partial charge on any atom is -0.345 e. The molecule has 1 aromatic carbocycles. The van der Waals surface area contributed by atoms with Crippen LogP contribution in [0.2, 0.25) is 5.02 Å². The molecule has 3 rings (SSSR count). The molecule has 0 fully saturated rings. The van der Waals surface area contributed by atoms with Gasteiger partial charge in [-0.25, -0.2) is 4.98 Å². The van der Waals surface area contributed by atoms with Gasteiger partial charge in [-0.15, -0.1) is 11.3 Å². The van der Waals surface area contributed by atoms with Crippen LogP contribution in [0.5, 0.6) is 0 Å². The number of hydrogen-bond donors (Lipinski definition) is 2. The summed E-state index contributed by atoms with van der Waals surface area (Å²) in [5, 5.41) is 8.06. The lowest BCUT2D eigenvalue weighted by Crippen LogP contribution is -2.14. The van der Waals surface area contributed by atoms with E-state index in [0.29, 0.717) is 21.4 Å². The highest BCUT2D eigenvalue weighted by Crippen LogP contribution is 2.28. The number of pyridine rings is 1. The van der Waals surface area contributed by atoms with Crippen LogP contribution in [0.1, 0.15) is 15.5 Å². The molecule has 2 N–H and O–H groups in total. The van der Waals surface area contributed by atoms with E-state index in [2.05, 4.69) is 20.6 Å². The van der Waals surface area contributed by atoms with Crippen LogP contribution in [0.15, 0.2) is 48.8 Å². The molecule has 0 atom stereocenters. The van der Waals surface area contributed by atoms with E-state index in [1.165, 1.54) is 11.3 Å². The van der Waals surface area contributed by atoms with Gasteiger partial charge in [0.05, 0.1) is 5.01 Å². The number of aromatic nitrogens is 2. The molecule has 5 nitrogen and oxygen atoms in total. The molecule has 3 aromatic rings. The van der Waals surface area contributed by atoms with Crippen LogP contribution in [-0.4, -0.2) is 15.9 Å². The molecule has 0 aliphatic rings. The molecule has 0 unspecified atom stereocenters. The molecule has 0 aliphatic carbocycles. The highest BCUT2D eigenvalue weighted by atomic mass is 35.5. The van der Waals surface area contributed by atoms with Gasteiger partial charge in [0.1, 0.15) is 5.00 Å². The number of nitrogens with one attached hydrogen (secondary N) is 2. The number of aryl methyl sites for hydroxylation is 1.